The fourth-order valence-electron chi connectivity index (χ4n) is 3.14. The van der Waals surface area contributed by atoms with E-state index in [4.69, 9.17) is 0 Å². The fourth-order valence-corrected chi connectivity index (χ4v) is 4.84. The average molecular weight is 364 g/mol. The molecule has 0 aliphatic heterocycles. The van der Waals surface area contributed by atoms with Crippen LogP contribution in [-0.4, -0.2) is 20.0 Å². The SMILES string of the molecule is O=C1CCC(CS(=O)(=O)c2ccc(-c3ccc(F)cc3F)cc2)CC1. The van der Waals surface area contributed by atoms with Crippen LogP contribution in [0.2, 0.25) is 0 Å². The topological polar surface area (TPSA) is 51.2 Å². The summed E-state index contributed by atoms with van der Waals surface area (Å²) in [6.45, 7) is 0. The monoisotopic (exact) mass is 364 g/mol. The van der Waals surface area contributed by atoms with Gasteiger partial charge in [0.05, 0.1) is 10.6 Å². The molecule has 1 fully saturated rings. The molecule has 0 N–H and O–H groups in total. The third-order valence-corrected chi connectivity index (χ3v) is 6.47. The summed E-state index contributed by atoms with van der Waals surface area (Å²) in [5.41, 5.74) is 0.704. The van der Waals surface area contributed by atoms with Crippen LogP contribution in [-0.2, 0) is 14.6 Å². The van der Waals surface area contributed by atoms with Crippen molar-refractivity contribution in [3.63, 3.8) is 0 Å². The molecule has 1 aliphatic carbocycles. The normalized spacial score (nSPS) is 16.2. The molecule has 1 saturated carbocycles. The van der Waals surface area contributed by atoms with E-state index in [-0.39, 0.29) is 27.9 Å². The molecule has 0 heterocycles. The third kappa shape index (κ3) is 4.12. The Morgan fingerprint density at radius 2 is 1.60 bits per heavy atom. The van der Waals surface area contributed by atoms with Crippen molar-refractivity contribution < 1.29 is 22.0 Å². The smallest absolute Gasteiger partial charge is 0.178 e. The summed E-state index contributed by atoms with van der Waals surface area (Å²) in [7, 11) is -3.46. The number of ketones is 1. The second-order valence-corrected chi connectivity index (χ2v) is 8.45. The van der Waals surface area contributed by atoms with Gasteiger partial charge >= 0.3 is 0 Å². The molecule has 3 rings (SSSR count). The third-order valence-electron chi connectivity index (χ3n) is 4.57. The van der Waals surface area contributed by atoms with E-state index in [0.29, 0.717) is 31.2 Å². The van der Waals surface area contributed by atoms with Crippen LogP contribution in [0.4, 0.5) is 8.78 Å². The number of rotatable bonds is 4. The zero-order valence-electron chi connectivity index (χ0n) is 13.5. The first-order valence-corrected chi connectivity index (χ1v) is 9.80. The summed E-state index contributed by atoms with van der Waals surface area (Å²) in [4.78, 5) is 11.4. The second kappa shape index (κ2) is 7.04. The maximum atomic E-state index is 13.8. The first-order chi connectivity index (χ1) is 11.8. The number of carbonyl (C=O) groups is 1. The lowest BCUT2D eigenvalue weighted by molar-refractivity contribution is -0.120. The molecule has 2 aromatic carbocycles. The van der Waals surface area contributed by atoms with Crippen molar-refractivity contribution in [3.8, 4) is 11.1 Å². The average Bonchev–Trinajstić information content (AvgIpc) is 2.57. The Morgan fingerprint density at radius 1 is 0.960 bits per heavy atom. The van der Waals surface area contributed by atoms with Crippen LogP contribution in [0.5, 0.6) is 0 Å². The van der Waals surface area contributed by atoms with Crippen LogP contribution in [0.15, 0.2) is 47.4 Å². The number of carbonyl (C=O) groups excluding carboxylic acids is 1. The molecule has 0 spiro atoms. The van der Waals surface area contributed by atoms with Gasteiger partial charge in [-0.05, 0) is 48.6 Å². The van der Waals surface area contributed by atoms with Gasteiger partial charge in [-0.1, -0.05) is 12.1 Å². The van der Waals surface area contributed by atoms with Gasteiger partial charge in [-0.2, -0.15) is 0 Å². The van der Waals surface area contributed by atoms with Crippen LogP contribution in [0.1, 0.15) is 25.7 Å². The largest absolute Gasteiger partial charge is 0.300 e. The molecule has 0 aromatic heterocycles. The lowest BCUT2D eigenvalue weighted by Crippen LogP contribution is -2.22. The Labute approximate surface area is 145 Å². The van der Waals surface area contributed by atoms with Crippen molar-refractivity contribution in [2.45, 2.75) is 30.6 Å². The van der Waals surface area contributed by atoms with Crippen molar-refractivity contribution in [1.82, 2.24) is 0 Å². The van der Waals surface area contributed by atoms with Crippen molar-refractivity contribution in [1.29, 1.82) is 0 Å². The van der Waals surface area contributed by atoms with Crippen LogP contribution >= 0.6 is 0 Å². The maximum Gasteiger partial charge on any atom is 0.178 e. The Kier molecular flexibility index (Phi) is 4.99. The number of sulfone groups is 1. The van der Waals surface area contributed by atoms with E-state index < -0.39 is 21.5 Å². The first-order valence-electron chi connectivity index (χ1n) is 8.15. The van der Waals surface area contributed by atoms with Crippen LogP contribution in [0, 0.1) is 17.6 Å². The molecule has 0 atom stereocenters. The Balaban J connectivity index is 1.78. The van der Waals surface area contributed by atoms with Crippen molar-refractivity contribution in [3.05, 3.63) is 54.1 Å². The Bertz CT molecular complexity index is 879. The highest BCUT2D eigenvalue weighted by molar-refractivity contribution is 7.91. The number of benzene rings is 2. The predicted octanol–water partition coefficient (Wildman–Crippen LogP) is 4.16. The van der Waals surface area contributed by atoms with E-state index in [1.54, 1.807) is 0 Å². The van der Waals surface area contributed by atoms with Gasteiger partial charge in [0.1, 0.15) is 17.4 Å². The summed E-state index contributed by atoms with van der Waals surface area (Å²) < 4.78 is 51.9. The lowest BCUT2D eigenvalue weighted by Gasteiger charge is -2.20. The van der Waals surface area contributed by atoms with Crippen molar-refractivity contribution in [2.75, 3.05) is 5.75 Å². The van der Waals surface area contributed by atoms with Gasteiger partial charge in [-0.3, -0.25) is 4.79 Å². The Hall–Kier alpha value is -2.08. The lowest BCUT2D eigenvalue weighted by atomic mass is 9.90. The first kappa shape index (κ1) is 17.7. The molecule has 0 bridgehead atoms. The number of hydrogen-bond donors (Lipinski definition) is 0. The number of Topliss-reactive ketones (excluding diaryl/α,β-unsaturated/α-hetero) is 1. The molecular formula is C19H18F2O3S. The van der Waals surface area contributed by atoms with E-state index in [9.17, 15) is 22.0 Å². The highest BCUT2D eigenvalue weighted by Crippen LogP contribution is 2.28. The maximum absolute atomic E-state index is 13.8. The van der Waals surface area contributed by atoms with E-state index in [1.165, 1.54) is 30.3 Å². The molecule has 0 saturated heterocycles. The molecule has 3 nitrogen and oxygen atoms in total. The molecule has 0 unspecified atom stereocenters. The molecule has 2 aromatic rings. The van der Waals surface area contributed by atoms with E-state index in [1.807, 2.05) is 0 Å². The minimum absolute atomic E-state index is 0.00285. The molecule has 25 heavy (non-hydrogen) atoms. The van der Waals surface area contributed by atoms with Crippen LogP contribution in [0.25, 0.3) is 11.1 Å². The van der Waals surface area contributed by atoms with Gasteiger partial charge in [-0.15, -0.1) is 0 Å². The zero-order chi connectivity index (χ0) is 18.0. The molecular weight excluding hydrogens is 346 g/mol. The highest BCUT2D eigenvalue weighted by Gasteiger charge is 2.25. The quantitative estimate of drug-likeness (QED) is 0.818. The zero-order valence-corrected chi connectivity index (χ0v) is 14.4. The van der Waals surface area contributed by atoms with Crippen molar-refractivity contribution >= 4 is 15.6 Å². The number of halogens is 2. The molecule has 0 amide bonds. The van der Waals surface area contributed by atoms with Crippen LogP contribution < -0.4 is 0 Å². The molecule has 0 radical (unpaired) electrons. The van der Waals surface area contributed by atoms with Crippen molar-refractivity contribution in [2.24, 2.45) is 5.92 Å². The van der Waals surface area contributed by atoms with E-state index in [2.05, 4.69) is 0 Å². The number of hydrogen-bond acceptors (Lipinski definition) is 3. The summed E-state index contributed by atoms with van der Waals surface area (Å²) in [6.07, 6.45) is 2.11. The minimum atomic E-state index is -3.46. The van der Waals surface area contributed by atoms with Gasteiger partial charge < -0.3 is 0 Å². The Morgan fingerprint density at radius 3 is 2.20 bits per heavy atom. The molecule has 132 valence electrons. The van der Waals surface area contributed by atoms with Crippen LogP contribution in [0.3, 0.4) is 0 Å². The van der Waals surface area contributed by atoms with Gasteiger partial charge in [0.25, 0.3) is 0 Å². The van der Waals surface area contributed by atoms with Gasteiger partial charge in [0, 0.05) is 24.5 Å². The minimum Gasteiger partial charge on any atom is -0.300 e. The van der Waals surface area contributed by atoms with E-state index >= 15 is 0 Å². The predicted molar refractivity (Wildman–Crippen MR) is 90.8 cm³/mol. The van der Waals surface area contributed by atoms with E-state index in [0.717, 1.165) is 12.1 Å². The van der Waals surface area contributed by atoms with Gasteiger partial charge in [0.15, 0.2) is 9.84 Å². The molecule has 6 heteroatoms. The second-order valence-electron chi connectivity index (χ2n) is 6.41. The summed E-state index contributed by atoms with van der Waals surface area (Å²) in [6, 6.07) is 9.22. The van der Waals surface area contributed by atoms with Gasteiger partial charge in [0.2, 0.25) is 0 Å². The van der Waals surface area contributed by atoms with Gasteiger partial charge in [-0.25, -0.2) is 17.2 Å². The standard InChI is InChI=1S/C19H18F2O3S/c20-15-5-10-18(19(21)11-15)14-3-8-17(9-4-14)25(23,24)12-13-1-6-16(22)7-2-13/h3-5,8-11,13H,1-2,6-7,12H2. The summed E-state index contributed by atoms with van der Waals surface area (Å²) in [5.74, 6) is -1.14. The molecule has 1 aliphatic rings. The summed E-state index contributed by atoms with van der Waals surface area (Å²) in [5, 5.41) is 0. The fraction of sp³-hybridized carbons (Fsp3) is 0.316. The highest BCUT2D eigenvalue weighted by atomic mass is 32.2. The summed E-state index contributed by atoms with van der Waals surface area (Å²) >= 11 is 0.